The Bertz CT molecular complexity index is 802. The summed E-state index contributed by atoms with van der Waals surface area (Å²) in [6.45, 7) is 6.45. The average molecular weight is 750 g/mol. The number of carbonyl (C=O) groups excluding carboxylic acids is 2. The van der Waals surface area contributed by atoms with Crippen molar-refractivity contribution in [3.63, 3.8) is 0 Å². The fourth-order valence-electron chi connectivity index (χ4n) is 7.25. The van der Waals surface area contributed by atoms with Gasteiger partial charge in [-0.25, -0.2) is 0 Å². The highest BCUT2D eigenvalue weighted by molar-refractivity contribution is 5.77. The number of esters is 1. The number of hydrogen-bond acceptors (Lipinski definition) is 5. The van der Waals surface area contributed by atoms with Crippen molar-refractivity contribution in [2.45, 2.75) is 270 Å². The second-order valence-electron chi connectivity index (χ2n) is 16.2. The van der Waals surface area contributed by atoms with Gasteiger partial charge in [0.15, 0.2) is 0 Å². The number of allylic oxidation sites excluding steroid dienone is 2. The first-order valence-electron chi connectivity index (χ1n) is 23.4. The first-order chi connectivity index (χ1) is 26.0. The summed E-state index contributed by atoms with van der Waals surface area (Å²) in [7, 11) is 0. The number of ether oxygens (including phenoxy) is 1. The molecule has 0 rings (SSSR count). The van der Waals surface area contributed by atoms with Gasteiger partial charge in [0, 0.05) is 6.42 Å². The molecule has 53 heavy (non-hydrogen) atoms. The van der Waals surface area contributed by atoms with Crippen LogP contribution in [0, 0.1) is 0 Å². The molecule has 0 aromatic heterocycles. The van der Waals surface area contributed by atoms with Crippen LogP contribution in [-0.2, 0) is 14.3 Å². The lowest BCUT2D eigenvalue weighted by Crippen LogP contribution is -2.46. The highest BCUT2D eigenvalue weighted by Gasteiger charge is 2.24. The van der Waals surface area contributed by atoms with Gasteiger partial charge in [0.2, 0.25) is 5.91 Å². The molecule has 0 aliphatic rings. The Hall–Kier alpha value is -1.40. The van der Waals surface area contributed by atoms with Gasteiger partial charge in [-0.05, 0) is 44.9 Å². The molecule has 0 aliphatic heterocycles. The van der Waals surface area contributed by atoms with Crippen molar-refractivity contribution in [2.75, 3.05) is 6.61 Å². The third kappa shape index (κ3) is 37.3. The van der Waals surface area contributed by atoms with Crippen LogP contribution >= 0.6 is 0 Å². The van der Waals surface area contributed by atoms with E-state index in [4.69, 9.17) is 4.74 Å². The molecule has 6 heteroatoms. The van der Waals surface area contributed by atoms with E-state index in [1.807, 2.05) is 0 Å². The molecular weight excluding hydrogens is 659 g/mol. The normalized spacial score (nSPS) is 13.4. The van der Waals surface area contributed by atoms with E-state index in [2.05, 4.69) is 38.2 Å². The maximum absolute atomic E-state index is 13.1. The smallest absolute Gasteiger partial charge is 0.306 e. The van der Waals surface area contributed by atoms with Gasteiger partial charge < -0.3 is 20.3 Å². The molecular formula is C47H91NO5. The number of nitrogens with one attached hydrogen (secondary N) is 1. The van der Waals surface area contributed by atoms with Crippen LogP contribution in [0.5, 0.6) is 0 Å². The predicted molar refractivity (Wildman–Crippen MR) is 227 cm³/mol. The van der Waals surface area contributed by atoms with Crippen molar-refractivity contribution in [3.05, 3.63) is 12.2 Å². The lowest BCUT2D eigenvalue weighted by molar-refractivity contribution is -0.151. The van der Waals surface area contributed by atoms with Crippen LogP contribution in [0.15, 0.2) is 12.2 Å². The fraction of sp³-hybridized carbons (Fsp3) is 0.915. The minimum Gasteiger partial charge on any atom is -0.462 e. The Labute approximate surface area is 329 Å². The first kappa shape index (κ1) is 51.6. The number of aliphatic hydroxyl groups is 2. The quantitative estimate of drug-likeness (QED) is 0.0328. The number of aliphatic hydroxyl groups excluding tert-OH is 2. The zero-order valence-electron chi connectivity index (χ0n) is 35.7. The largest absolute Gasteiger partial charge is 0.462 e. The lowest BCUT2D eigenvalue weighted by atomic mass is 10.0. The van der Waals surface area contributed by atoms with Crippen LogP contribution in [0.2, 0.25) is 0 Å². The topological polar surface area (TPSA) is 95.9 Å². The molecule has 0 spiro atoms. The molecule has 0 aliphatic carbocycles. The summed E-state index contributed by atoms with van der Waals surface area (Å²) in [5.74, 6) is -0.494. The second-order valence-corrected chi connectivity index (χ2v) is 16.2. The van der Waals surface area contributed by atoms with Gasteiger partial charge in [-0.2, -0.15) is 0 Å². The second kappa shape index (κ2) is 41.8. The van der Waals surface area contributed by atoms with Crippen molar-refractivity contribution in [2.24, 2.45) is 0 Å². The van der Waals surface area contributed by atoms with E-state index < -0.39 is 18.2 Å². The van der Waals surface area contributed by atoms with Gasteiger partial charge in [-0.15, -0.1) is 0 Å². The van der Waals surface area contributed by atoms with Crippen molar-refractivity contribution in [1.29, 1.82) is 0 Å². The molecule has 0 saturated heterocycles. The molecule has 3 atom stereocenters. The molecule has 1 amide bonds. The molecule has 0 bridgehead atoms. The Morgan fingerprint density at radius 1 is 0.528 bits per heavy atom. The maximum atomic E-state index is 13.1. The van der Waals surface area contributed by atoms with Gasteiger partial charge >= 0.3 is 5.97 Å². The van der Waals surface area contributed by atoms with Crippen molar-refractivity contribution >= 4 is 11.9 Å². The molecule has 0 saturated carbocycles. The Morgan fingerprint density at radius 3 is 1.38 bits per heavy atom. The zero-order valence-corrected chi connectivity index (χ0v) is 35.7. The molecule has 6 nitrogen and oxygen atoms in total. The summed E-state index contributed by atoms with van der Waals surface area (Å²) in [4.78, 5) is 25.9. The number of carbonyl (C=O) groups is 2. The third-order valence-electron chi connectivity index (χ3n) is 10.8. The van der Waals surface area contributed by atoms with Crippen LogP contribution in [-0.4, -0.2) is 46.9 Å². The summed E-state index contributed by atoms with van der Waals surface area (Å²) in [6.07, 6.45) is 44.1. The Balaban J connectivity index is 4.57. The molecule has 3 N–H and O–H groups in total. The van der Waals surface area contributed by atoms with Crippen molar-refractivity contribution in [3.8, 4) is 0 Å². The van der Waals surface area contributed by atoms with E-state index in [9.17, 15) is 19.8 Å². The molecule has 3 unspecified atom stereocenters. The van der Waals surface area contributed by atoms with E-state index in [-0.39, 0.29) is 24.9 Å². The first-order valence-corrected chi connectivity index (χ1v) is 23.4. The van der Waals surface area contributed by atoms with Gasteiger partial charge in [0.05, 0.1) is 25.2 Å². The summed E-state index contributed by atoms with van der Waals surface area (Å²) in [6, 6.07) is -0.701. The maximum Gasteiger partial charge on any atom is 0.306 e. The van der Waals surface area contributed by atoms with Crippen LogP contribution in [0.3, 0.4) is 0 Å². The predicted octanol–water partition coefficient (Wildman–Crippen LogP) is 13.4. The molecule has 0 heterocycles. The minimum absolute atomic E-state index is 0.0628. The number of hydrogen-bond donors (Lipinski definition) is 3. The molecule has 314 valence electrons. The Morgan fingerprint density at radius 2 is 0.925 bits per heavy atom. The van der Waals surface area contributed by atoms with E-state index in [1.54, 1.807) is 0 Å². The third-order valence-corrected chi connectivity index (χ3v) is 10.8. The van der Waals surface area contributed by atoms with E-state index in [0.29, 0.717) is 19.3 Å². The van der Waals surface area contributed by atoms with E-state index in [0.717, 1.165) is 51.4 Å². The number of rotatable bonds is 42. The zero-order chi connectivity index (χ0) is 38.9. The summed E-state index contributed by atoms with van der Waals surface area (Å²) in [5, 5.41) is 23.6. The summed E-state index contributed by atoms with van der Waals surface area (Å²) in [5.41, 5.74) is 0. The highest BCUT2D eigenvalue weighted by atomic mass is 16.5. The summed E-state index contributed by atoms with van der Waals surface area (Å²) < 4.78 is 5.88. The van der Waals surface area contributed by atoms with E-state index in [1.165, 1.54) is 154 Å². The van der Waals surface area contributed by atoms with Gasteiger partial charge in [0.25, 0.3) is 0 Å². The monoisotopic (exact) mass is 750 g/mol. The molecule has 0 radical (unpaired) electrons. The van der Waals surface area contributed by atoms with Crippen LogP contribution < -0.4 is 5.32 Å². The van der Waals surface area contributed by atoms with Crippen LogP contribution in [0.1, 0.15) is 252 Å². The number of amides is 1. The Kier molecular flexibility index (Phi) is 40.7. The molecule has 0 fully saturated rings. The summed E-state index contributed by atoms with van der Waals surface area (Å²) >= 11 is 0. The minimum atomic E-state index is -0.786. The SMILES string of the molecule is CCCCCCCC/C=C\CCCC(CC(=O)NC(CO)C(O)CCCCCCCCCCCCCC)OC(=O)CCCCCCCCCCCCC. The highest BCUT2D eigenvalue weighted by Crippen LogP contribution is 2.17. The van der Waals surface area contributed by atoms with Gasteiger partial charge in [-0.1, -0.05) is 206 Å². The van der Waals surface area contributed by atoms with Crippen molar-refractivity contribution in [1.82, 2.24) is 5.32 Å². The fourth-order valence-corrected chi connectivity index (χ4v) is 7.25. The van der Waals surface area contributed by atoms with Gasteiger partial charge in [0.1, 0.15) is 6.10 Å². The van der Waals surface area contributed by atoms with Crippen LogP contribution in [0.4, 0.5) is 0 Å². The standard InChI is InChI=1S/C47H91NO5/c1-4-7-10-13-16-19-22-25-27-30-33-36-39-45(50)44(42-49)48-46(51)41-43(38-35-32-29-26-23-20-17-14-11-8-5-2)53-47(52)40-37-34-31-28-24-21-18-15-12-9-6-3/h26,29,43-45,49-50H,4-25,27-28,30-42H2,1-3H3,(H,48,51)/b29-26-. The number of unbranched alkanes of at least 4 members (excludes halogenated alkanes) is 28. The lowest BCUT2D eigenvalue weighted by Gasteiger charge is -2.24. The van der Waals surface area contributed by atoms with Crippen LogP contribution in [0.25, 0.3) is 0 Å². The molecule has 0 aromatic carbocycles. The van der Waals surface area contributed by atoms with E-state index >= 15 is 0 Å². The van der Waals surface area contributed by atoms with Gasteiger partial charge in [-0.3, -0.25) is 9.59 Å². The molecule has 0 aromatic rings. The van der Waals surface area contributed by atoms with Crippen molar-refractivity contribution < 1.29 is 24.5 Å². The average Bonchev–Trinajstić information content (AvgIpc) is 3.15.